The monoisotopic (exact) mass is 440 g/mol. The van der Waals surface area contributed by atoms with Crippen LogP contribution in [-0.4, -0.2) is 33.4 Å². The van der Waals surface area contributed by atoms with Crippen molar-refractivity contribution in [3.63, 3.8) is 0 Å². The Morgan fingerprint density at radius 3 is 2.73 bits per heavy atom. The smallest absolute Gasteiger partial charge is 0.387 e. The van der Waals surface area contributed by atoms with Gasteiger partial charge in [0.05, 0.1) is 13.1 Å². The van der Waals surface area contributed by atoms with Crippen LogP contribution in [0.25, 0.3) is 0 Å². The summed E-state index contributed by atoms with van der Waals surface area (Å²) in [7, 11) is 1.90. The fourth-order valence-corrected chi connectivity index (χ4v) is 3.60. The minimum absolute atomic E-state index is 0.0686. The molecule has 2 N–H and O–H groups in total. The van der Waals surface area contributed by atoms with E-state index in [-0.39, 0.29) is 12.3 Å². The number of aliphatic imine (C=N–C) groups is 1. The molecule has 0 spiro atoms. The van der Waals surface area contributed by atoms with Crippen LogP contribution in [-0.2, 0) is 20.1 Å². The minimum atomic E-state index is -2.91. The van der Waals surface area contributed by atoms with Crippen LogP contribution in [0.4, 0.5) is 8.78 Å². The summed E-state index contributed by atoms with van der Waals surface area (Å²) in [5, 5.41) is 15.4. The number of nitrogens with one attached hydrogen (secondary N) is 2. The summed E-state index contributed by atoms with van der Waals surface area (Å²) in [5.41, 5.74) is 0.488. The Hall–Kier alpha value is -2.42. The molecular formula is C20H27ClF2N6O. The number of aryl methyl sites for hydroxylation is 1. The van der Waals surface area contributed by atoms with Gasteiger partial charge in [-0.25, -0.2) is 4.99 Å². The van der Waals surface area contributed by atoms with Crippen molar-refractivity contribution in [1.29, 1.82) is 0 Å². The summed E-state index contributed by atoms with van der Waals surface area (Å²) in [6, 6.07) is 4.86. The third-order valence-corrected chi connectivity index (χ3v) is 5.42. The van der Waals surface area contributed by atoms with Crippen molar-refractivity contribution in [2.24, 2.45) is 12.0 Å². The second-order valence-corrected chi connectivity index (χ2v) is 7.79. The maximum Gasteiger partial charge on any atom is 0.387 e. The molecule has 0 aliphatic heterocycles. The molecule has 2 aromatic rings. The van der Waals surface area contributed by atoms with Gasteiger partial charge in [-0.1, -0.05) is 30.9 Å². The quantitative estimate of drug-likeness (QED) is 0.503. The van der Waals surface area contributed by atoms with Crippen molar-refractivity contribution < 1.29 is 13.5 Å². The molecule has 0 saturated heterocycles. The average Bonchev–Trinajstić information content (AvgIpc) is 3.04. The molecule has 0 amide bonds. The van der Waals surface area contributed by atoms with Gasteiger partial charge in [-0.15, -0.1) is 10.2 Å². The molecule has 30 heavy (non-hydrogen) atoms. The van der Waals surface area contributed by atoms with Crippen molar-refractivity contribution >= 4 is 17.6 Å². The molecule has 1 aliphatic rings. The second kappa shape index (κ2) is 10.6. The lowest BCUT2D eigenvalue weighted by Crippen LogP contribution is -2.44. The zero-order chi connectivity index (χ0) is 21.5. The van der Waals surface area contributed by atoms with Crippen LogP contribution in [0.3, 0.4) is 0 Å². The molecule has 7 nitrogen and oxygen atoms in total. The van der Waals surface area contributed by atoms with Crippen molar-refractivity contribution in [1.82, 2.24) is 25.4 Å². The first-order valence-electron chi connectivity index (χ1n) is 10.1. The molecule has 0 radical (unpaired) electrons. The van der Waals surface area contributed by atoms with Gasteiger partial charge < -0.3 is 19.9 Å². The number of hydrogen-bond donors (Lipinski definition) is 2. The predicted molar refractivity (Wildman–Crippen MR) is 112 cm³/mol. The van der Waals surface area contributed by atoms with E-state index in [1.54, 1.807) is 6.07 Å². The molecular weight excluding hydrogens is 414 g/mol. The van der Waals surface area contributed by atoms with Gasteiger partial charge in [0, 0.05) is 23.7 Å². The minimum Gasteiger partial charge on any atom is -0.434 e. The molecule has 0 unspecified atom stereocenters. The van der Waals surface area contributed by atoms with Gasteiger partial charge in [0.2, 0.25) is 0 Å². The Kier molecular flexibility index (Phi) is 7.84. The van der Waals surface area contributed by atoms with Gasteiger partial charge in [0.15, 0.2) is 11.8 Å². The summed E-state index contributed by atoms with van der Waals surface area (Å²) >= 11 is 6.04. The molecule has 1 aliphatic carbocycles. The molecule has 164 valence electrons. The summed E-state index contributed by atoms with van der Waals surface area (Å²) in [6.45, 7) is -0.449. The number of halogens is 3. The number of ether oxygens (including phenoxy) is 1. The number of benzene rings is 1. The Morgan fingerprint density at radius 1 is 1.30 bits per heavy atom. The van der Waals surface area contributed by atoms with E-state index >= 15 is 0 Å². The zero-order valence-electron chi connectivity index (χ0n) is 17.2. The van der Waals surface area contributed by atoms with Crippen molar-refractivity contribution in [2.75, 3.05) is 0 Å². The maximum atomic E-state index is 12.7. The lowest BCUT2D eigenvalue weighted by Gasteiger charge is -2.25. The fourth-order valence-electron chi connectivity index (χ4n) is 3.41. The van der Waals surface area contributed by atoms with Crippen LogP contribution in [0.15, 0.2) is 23.2 Å². The van der Waals surface area contributed by atoms with Crippen LogP contribution in [0, 0.1) is 6.92 Å². The number of guanidine groups is 1. The van der Waals surface area contributed by atoms with Crippen LogP contribution < -0.4 is 15.4 Å². The van der Waals surface area contributed by atoms with E-state index in [9.17, 15) is 8.78 Å². The number of alkyl halides is 2. The van der Waals surface area contributed by atoms with E-state index in [0.29, 0.717) is 29.1 Å². The highest BCUT2D eigenvalue weighted by molar-refractivity contribution is 6.30. The molecule has 1 fully saturated rings. The van der Waals surface area contributed by atoms with Crippen LogP contribution in [0.5, 0.6) is 5.75 Å². The standard InChI is InChI=1S/C20H27ClF2N6O/c1-13-27-28-18(29(13)2)12-25-20(26-16-6-4-3-5-7-16)24-11-14-10-15(21)8-9-17(14)30-19(22)23/h8-10,16,19H,3-7,11-12H2,1-2H3,(H2,24,25,26). The Labute approximate surface area is 179 Å². The first-order valence-corrected chi connectivity index (χ1v) is 10.4. The molecule has 0 atom stereocenters. The highest BCUT2D eigenvalue weighted by atomic mass is 35.5. The average molecular weight is 441 g/mol. The molecule has 10 heteroatoms. The van der Waals surface area contributed by atoms with Crippen LogP contribution >= 0.6 is 11.6 Å². The normalized spacial score (nSPS) is 15.5. The molecule has 1 heterocycles. The van der Waals surface area contributed by atoms with E-state index in [1.165, 1.54) is 31.4 Å². The zero-order valence-corrected chi connectivity index (χ0v) is 17.9. The van der Waals surface area contributed by atoms with Gasteiger partial charge in [-0.05, 0) is 38.0 Å². The third-order valence-electron chi connectivity index (χ3n) is 5.19. The Balaban J connectivity index is 1.75. The summed E-state index contributed by atoms with van der Waals surface area (Å²) in [6.07, 6.45) is 5.73. The molecule has 0 bridgehead atoms. The summed E-state index contributed by atoms with van der Waals surface area (Å²) < 4.78 is 32.0. The number of aromatic nitrogens is 3. The van der Waals surface area contributed by atoms with E-state index in [0.717, 1.165) is 24.5 Å². The first kappa shape index (κ1) is 22.3. The topological polar surface area (TPSA) is 76.4 Å². The van der Waals surface area contributed by atoms with Gasteiger partial charge in [-0.2, -0.15) is 8.78 Å². The van der Waals surface area contributed by atoms with E-state index in [1.807, 2.05) is 18.5 Å². The highest BCUT2D eigenvalue weighted by Gasteiger charge is 2.16. The largest absolute Gasteiger partial charge is 0.434 e. The van der Waals surface area contributed by atoms with Gasteiger partial charge in [0.1, 0.15) is 11.6 Å². The Bertz CT molecular complexity index is 867. The number of nitrogens with zero attached hydrogens (tertiary/aromatic N) is 4. The van der Waals surface area contributed by atoms with Crippen LogP contribution in [0.2, 0.25) is 5.02 Å². The number of hydrogen-bond acceptors (Lipinski definition) is 4. The second-order valence-electron chi connectivity index (χ2n) is 7.35. The maximum absolute atomic E-state index is 12.7. The third kappa shape index (κ3) is 6.29. The van der Waals surface area contributed by atoms with E-state index < -0.39 is 6.61 Å². The fraction of sp³-hybridized carbons (Fsp3) is 0.550. The van der Waals surface area contributed by atoms with Crippen molar-refractivity contribution in [3.05, 3.63) is 40.4 Å². The summed E-state index contributed by atoms with van der Waals surface area (Å²) in [4.78, 5) is 4.60. The molecule has 1 aromatic heterocycles. The van der Waals surface area contributed by atoms with Crippen molar-refractivity contribution in [3.8, 4) is 5.75 Å². The predicted octanol–water partition coefficient (Wildman–Crippen LogP) is 3.95. The van der Waals surface area contributed by atoms with E-state index in [2.05, 4.69) is 30.6 Å². The van der Waals surface area contributed by atoms with Gasteiger partial charge >= 0.3 is 6.61 Å². The van der Waals surface area contributed by atoms with Gasteiger partial charge in [0.25, 0.3) is 0 Å². The van der Waals surface area contributed by atoms with Crippen LogP contribution in [0.1, 0.15) is 49.3 Å². The molecule has 3 rings (SSSR count). The van der Waals surface area contributed by atoms with Crippen molar-refractivity contribution in [2.45, 2.75) is 64.8 Å². The molecule has 1 saturated carbocycles. The first-order chi connectivity index (χ1) is 14.4. The van der Waals surface area contributed by atoms with Gasteiger partial charge in [-0.3, -0.25) is 0 Å². The SMILES string of the molecule is Cc1nnc(CNC(=NCc2cc(Cl)ccc2OC(F)F)NC2CCCCC2)n1C. The Morgan fingerprint density at radius 2 is 2.07 bits per heavy atom. The van der Waals surface area contributed by atoms with E-state index in [4.69, 9.17) is 11.6 Å². The lowest BCUT2D eigenvalue weighted by molar-refractivity contribution is -0.0504. The molecule has 1 aromatic carbocycles. The highest BCUT2D eigenvalue weighted by Crippen LogP contribution is 2.25. The number of rotatable bonds is 7. The lowest BCUT2D eigenvalue weighted by atomic mass is 9.96. The summed E-state index contributed by atoms with van der Waals surface area (Å²) in [5.74, 6) is 2.25.